The number of amides is 1. The maximum atomic E-state index is 11.4. The van der Waals surface area contributed by atoms with E-state index in [0.29, 0.717) is 12.5 Å². The third-order valence-electron chi connectivity index (χ3n) is 3.41. The molecule has 0 bridgehead atoms. The Hall–Kier alpha value is -0.610. The van der Waals surface area contributed by atoms with Gasteiger partial charge >= 0.3 is 0 Å². The molecule has 0 aliphatic heterocycles. The highest BCUT2D eigenvalue weighted by Crippen LogP contribution is 2.19. The van der Waals surface area contributed by atoms with Crippen molar-refractivity contribution >= 4 is 5.91 Å². The van der Waals surface area contributed by atoms with Crippen LogP contribution in [0.4, 0.5) is 0 Å². The van der Waals surface area contributed by atoms with Gasteiger partial charge in [0, 0.05) is 18.5 Å². The van der Waals surface area contributed by atoms with Crippen LogP contribution >= 0.6 is 0 Å². The van der Waals surface area contributed by atoms with E-state index in [1.807, 2.05) is 0 Å². The van der Waals surface area contributed by atoms with E-state index in [-0.39, 0.29) is 18.1 Å². The fourth-order valence-electron chi connectivity index (χ4n) is 2.24. The summed E-state index contributed by atoms with van der Waals surface area (Å²) in [6.45, 7) is 0.833. The molecule has 0 aromatic rings. The standard InChI is InChI=1S/C12H22N2O2/c15-11-4-1-3-10(11)13-8-2-5-12(16)14-9-6-7-9/h9-11,13,15H,1-8H2,(H,14,16). The lowest BCUT2D eigenvalue weighted by molar-refractivity contribution is -0.121. The summed E-state index contributed by atoms with van der Waals surface area (Å²) in [5.74, 6) is 0.177. The predicted octanol–water partition coefficient (Wildman–Crippen LogP) is 0.548. The average Bonchev–Trinajstić information content (AvgIpc) is 2.96. The van der Waals surface area contributed by atoms with E-state index >= 15 is 0 Å². The highest BCUT2D eigenvalue weighted by Gasteiger charge is 2.24. The highest BCUT2D eigenvalue weighted by molar-refractivity contribution is 5.76. The van der Waals surface area contributed by atoms with Crippen LogP contribution in [0.5, 0.6) is 0 Å². The number of carbonyl (C=O) groups is 1. The van der Waals surface area contributed by atoms with E-state index < -0.39 is 0 Å². The maximum Gasteiger partial charge on any atom is 0.220 e. The summed E-state index contributed by atoms with van der Waals surface area (Å²) in [4.78, 5) is 11.4. The zero-order valence-corrected chi connectivity index (χ0v) is 9.74. The summed E-state index contributed by atoms with van der Waals surface area (Å²) in [6, 6.07) is 0.726. The van der Waals surface area contributed by atoms with Gasteiger partial charge in [-0.3, -0.25) is 4.79 Å². The molecule has 2 fully saturated rings. The molecule has 0 aromatic heterocycles. The normalized spacial score (nSPS) is 29.3. The van der Waals surface area contributed by atoms with Crippen molar-refractivity contribution in [2.45, 2.75) is 63.1 Å². The predicted molar refractivity (Wildman–Crippen MR) is 62.0 cm³/mol. The number of carbonyl (C=O) groups excluding carboxylic acids is 1. The first-order valence-electron chi connectivity index (χ1n) is 6.46. The first-order chi connectivity index (χ1) is 7.75. The van der Waals surface area contributed by atoms with Crippen molar-refractivity contribution in [3.8, 4) is 0 Å². The minimum absolute atomic E-state index is 0.177. The molecule has 92 valence electrons. The molecule has 0 radical (unpaired) electrons. The van der Waals surface area contributed by atoms with Crippen molar-refractivity contribution in [2.24, 2.45) is 0 Å². The molecule has 2 atom stereocenters. The van der Waals surface area contributed by atoms with Crippen molar-refractivity contribution < 1.29 is 9.90 Å². The number of hydrogen-bond acceptors (Lipinski definition) is 3. The van der Waals surface area contributed by atoms with Crippen molar-refractivity contribution in [1.82, 2.24) is 10.6 Å². The van der Waals surface area contributed by atoms with Crippen LogP contribution in [0, 0.1) is 0 Å². The quantitative estimate of drug-likeness (QED) is 0.580. The zero-order chi connectivity index (χ0) is 11.4. The van der Waals surface area contributed by atoms with Crippen LogP contribution in [-0.4, -0.2) is 35.7 Å². The molecular formula is C12H22N2O2. The highest BCUT2D eigenvalue weighted by atomic mass is 16.3. The van der Waals surface area contributed by atoms with Crippen LogP contribution in [0.25, 0.3) is 0 Å². The average molecular weight is 226 g/mol. The van der Waals surface area contributed by atoms with Crippen LogP contribution < -0.4 is 10.6 Å². The van der Waals surface area contributed by atoms with E-state index in [9.17, 15) is 9.90 Å². The summed E-state index contributed by atoms with van der Waals surface area (Å²) in [5, 5.41) is 15.9. The van der Waals surface area contributed by atoms with Gasteiger partial charge in [0.05, 0.1) is 6.10 Å². The first kappa shape index (κ1) is 11.9. The maximum absolute atomic E-state index is 11.4. The molecule has 2 aliphatic rings. The van der Waals surface area contributed by atoms with Crippen molar-refractivity contribution in [3.05, 3.63) is 0 Å². The van der Waals surface area contributed by atoms with Gasteiger partial charge in [0.25, 0.3) is 0 Å². The fraction of sp³-hybridized carbons (Fsp3) is 0.917. The van der Waals surface area contributed by atoms with Gasteiger partial charge in [-0.2, -0.15) is 0 Å². The Bertz CT molecular complexity index is 241. The molecule has 3 N–H and O–H groups in total. The molecule has 16 heavy (non-hydrogen) atoms. The van der Waals surface area contributed by atoms with Gasteiger partial charge in [-0.15, -0.1) is 0 Å². The summed E-state index contributed by atoms with van der Waals surface area (Å²) < 4.78 is 0. The van der Waals surface area contributed by atoms with E-state index in [4.69, 9.17) is 0 Å². The van der Waals surface area contributed by atoms with E-state index in [1.54, 1.807) is 0 Å². The largest absolute Gasteiger partial charge is 0.392 e. The van der Waals surface area contributed by atoms with Crippen molar-refractivity contribution in [3.63, 3.8) is 0 Å². The molecule has 4 heteroatoms. The molecule has 0 saturated heterocycles. The van der Waals surface area contributed by atoms with Crippen LogP contribution in [0.15, 0.2) is 0 Å². The lowest BCUT2D eigenvalue weighted by Gasteiger charge is -2.15. The SMILES string of the molecule is O=C(CCCNC1CCCC1O)NC1CC1. The fourth-order valence-corrected chi connectivity index (χ4v) is 2.24. The first-order valence-corrected chi connectivity index (χ1v) is 6.46. The van der Waals surface area contributed by atoms with Crippen LogP contribution in [0.2, 0.25) is 0 Å². The lowest BCUT2D eigenvalue weighted by Crippen LogP contribution is -2.36. The minimum atomic E-state index is -0.180. The zero-order valence-electron chi connectivity index (χ0n) is 9.74. The third kappa shape index (κ3) is 3.76. The summed E-state index contributed by atoms with van der Waals surface area (Å²) in [6.07, 6.45) is 6.68. The number of nitrogens with one attached hydrogen (secondary N) is 2. The minimum Gasteiger partial charge on any atom is -0.392 e. The topological polar surface area (TPSA) is 61.4 Å². The smallest absolute Gasteiger partial charge is 0.220 e. The van der Waals surface area contributed by atoms with E-state index in [2.05, 4.69) is 10.6 Å². The van der Waals surface area contributed by atoms with Gasteiger partial charge in [0.2, 0.25) is 5.91 Å². The Balaban J connectivity index is 1.49. The van der Waals surface area contributed by atoms with Crippen molar-refractivity contribution in [1.29, 1.82) is 0 Å². The third-order valence-corrected chi connectivity index (χ3v) is 3.41. The van der Waals surface area contributed by atoms with E-state index in [0.717, 1.165) is 45.1 Å². The number of hydrogen-bond donors (Lipinski definition) is 3. The van der Waals surface area contributed by atoms with Crippen LogP contribution in [0.3, 0.4) is 0 Å². The lowest BCUT2D eigenvalue weighted by atomic mass is 10.2. The molecule has 2 aliphatic carbocycles. The monoisotopic (exact) mass is 226 g/mol. The van der Waals surface area contributed by atoms with Gasteiger partial charge in [-0.05, 0) is 45.1 Å². The Kier molecular flexibility index (Phi) is 4.18. The summed E-state index contributed by atoms with van der Waals surface area (Å²) in [5.41, 5.74) is 0. The molecule has 2 rings (SSSR count). The van der Waals surface area contributed by atoms with E-state index in [1.165, 1.54) is 0 Å². The molecule has 0 spiro atoms. The number of rotatable bonds is 6. The molecule has 2 unspecified atom stereocenters. The second kappa shape index (κ2) is 5.64. The summed E-state index contributed by atoms with van der Waals surface area (Å²) in [7, 11) is 0. The number of aliphatic hydroxyl groups is 1. The van der Waals surface area contributed by atoms with Gasteiger partial charge in [-0.1, -0.05) is 0 Å². The number of aliphatic hydroxyl groups excluding tert-OH is 1. The Labute approximate surface area is 96.8 Å². The van der Waals surface area contributed by atoms with Gasteiger partial charge < -0.3 is 15.7 Å². The molecule has 0 heterocycles. The second-order valence-electron chi connectivity index (χ2n) is 5.00. The second-order valence-corrected chi connectivity index (χ2v) is 5.00. The molecule has 1 amide bonds. The van der Waals surface area contributed by atoms with Gasteiger partial charge in [-0.25, -0.2) is 0 Å². The molecule has 2 saturated carbocycles. The van der Waals surface area contributed by atoms with Crippen LogP contribution in [-0.2, 0) is 4.79 Å². The van der Waals surface area contributed by atoms with Crippen LogP contribution in [0.1, 0.15) is 44.9 Å². The van der Waals surface area contributed by atoms with Crippen molar-refractivity contribution in [2.75, 3.05) is 6.54 Å². The van der Waals surface area contributed by atoms with Gasteiger partial charge in [0.1, 0.15) is 0 Å². The Morgan fingerprint density at radius 2 is 2.06 bits per heavy atom. The van der Waals surface area contributed by atoms with Gasteiger partial charge in [0.15, 0.2) is 0 Å². The molecule has 4 nitrogen and oxygen atoms in total. The Morgan fingerprint density at radius 1 is 1.25 bits per heavy atom. The summed E-state index contributed by atoms with van der Waals surface area (Å²) >= 11 is 0. The molecular weight excluding hydrogens is 204 g/mol. The molecule has 0 aromatic carbocycles. The Morgan fingerprint density at radius 3 is 2.69 bits per heavy atom.